The predicted molar refractivity (Wildman–Crippen MR) is 98.6 cm³/mol. The summed E-state index contributed by atoms with van der Waals surface area (Å²) in [6.45, 7) is 0.512. The molecule has 1 aliphatic heterocycles. The van der Waals surface area contributed by atoms with Crippen LogP contribution < -0.4 is 5.32 Å². The Bertz CT molecular complexity index is 855. The van der Waals surface area contributed by atoms with Gasteiger partial charge in [-0.3, -0.25) is 9.59 Å². The fourth-order valence-corrected chi connectivity index (χ4v) is 2.80. The Morgan fingerprint density at radius 2 is 1.92 bits per heavy atom. The standard InChI is InChI=1S/C19H17ClFN3O2/c20-15-12-14(6-7-16(15)21)22-18(25)8-9-19(26)24-11-10-17(23-24)13-4-2-1-3-5-13/h1-7,12H,8-11H2,(H,22,25). The van der Waals surface area contributed by atoms with E-state index in [0.717, 1.165) is 11.3 Å². The molecule has 134 valence electrons. The van der Waals surface area contributed by atoms with Gasteiger partial charge in [-0.2, -0.15) is 5.10 Å². The van der Waals surface area contributed by atoms with Crippen molar-refractivity contribution >= 4 is 34.8 Å². The van der Waals surface area contributed by atoms with Crippen molar-refractivity contribution in [2.24, 2.45) is 5.10 Å². The second-order valence-corrected chi connectivity index (χ2v) is 6.26. The van der Waals surface area contributed by atoms with Gasteiger partial charge >= 0.3 is 0 Å². The van der Waals surface area contributed by atoms with Gasteiger partial charge in [-0.15, -0.1) is 0 Å². The van der Waals surface area contributed by atoms with Gasteiger partial charge in [-0.25, -0.2) is 9.40 Å². The average Bonchev–Trinajstić information content (AvgIpc) is 3.14. The SMILES string of the molecule is O=C(CCC(=O)N1CCC(c2ccccc2)=N1)Nc1ccc(F)c(Cl)c1. The van der Waals surface area contributed by atoms with E-state index in [0.29, 0.717) is 18.7 Å². The highest BCUT2D eigenvalue weighted by Crippen LogP contribution is 2.20. The Hall–Kier alpha value is -2.73. The van der Waals surface area contributed by atoms with E-state index in [1.807, 2.05) is 30.3 Å². The van der Waals surface area contributed by atoms with Gasteiger partial charge in [0.25, 0.3) is 0 Å². The Morgan fingerprint density at radius 1 is 1.15 bits per heavy atom. The van der Waals surface area contributed by atoms with Crippen LogP contribution in [0.25, 0.3) is 0 Å². The molecule has 2 aromatic rings. The normalized spacial score (nSPS) is 13.5. The number of hydrogen-bond acceptors (Lipinski definition) is 3. The maximum atomic E-state index is 13.1. The van der Waals surface area contributed by atoms with Gasteiger partial charge < -0.3 is 5.32 Å². The first-order chi connectivity index (χ1) is 12.5. The number of nitrogens with zero attached hydrogens (tertiary/aromatic N) is 2. The second kappa shape index (κ2) is 8.10. The molecule has 0 saturated heterocycles. The molecule has 2 aromatic carbocycles. The number of rotatable bonds is 5. The van der Waals surface area contributed by atoms with Gasteiger partial charge in [-0.1, -0.05) is 41.9 Å². The lowest BCUT2D eigenvalue weighted by atomic mass is 10.1. The zero-order chi connectivity index (χ0) is 18.5. The van der Waals surface area contributed by atoms with Gasteiger partial charge in [-0.05, 0) is 23.8 Å². The van der Waals surface area contributed by atoms with Crippen LogP contribution in [0.3, 0.4) is 0 Å². The molecule has 0 aromatic heterocycles. The fourth-order valence-electron chi connectivity index (χ4n) is 2.62. The van der Waals surface area contributed by atoms with E-state index < -0.39 is 5.82 Å². The molecule has 0 radical (unpaired) electrons. The van der Waals surface area contributed by atoms with Crippen molar-refractivity contribution in [2.75, 3.05) is 11.9 Å². The molecule has 0 saturated carbocycles. The molecule has 1 heterocycles. The van der Waals surface area contributed by atoms with Gasteiger partial charge in [0.1, 0.15) is 5.82 Å². The van der Waals surface area contributed by atoms with Crippen molar-refractivity contribution in [1.29, 1.82) is 0 Å². The van der Waals surface area contributed by atoms with Crippen molar-refractivity contribution in [3.8, 4) is 0 Å². The molecule has 0 aliphatic carbocycles. The number of hydrogen-bond donors (Lipinski definition) is 1. The third-order valence-corrected chi connectivity index (χ3v) is 4.26. The summed E-state index contributed by atoms with van der Waals surface area (Å²) >= 11 is 5.67. The minimum atomic E-state index is -0.555. The highest BCUT2D eigenvalue weighted by molar-refractivity contribution is 6.31. The summed E-state index contributed by atoms with van der Waals surface area (Å²) in [5.41, 5.74) is 2.25. The van der Waals surface area contributed by atoms with E-state index in [1.54, 1.807) is 0 Å². The van der Waals surface area contributed by atoms with E-state index in [4.69, 9.17) is 11.6 Å². The molecule has 0 atom stereocenters. The van der Waals surface area contributed by atoms with Gasteiger partial charge in [0.05, 0.1) is 17.3 Å². The molecule has 0 unspecified atom stereocenters. The molecule has 1 aliphatic rings. The summed E-state index contributed by atoms with van der Waals surface area (Å²) < 4.78 is 13.1. The molecular formula is C19H17ClFN3O2. The Morgan fingerprint density at radius 3 is 2.65 bits per heavy atom. The maximum Gasteiger partial charge on any atom is 0.243 e. The van der Waals surface area contributed by atoms with E-state index in [9.17, 15) is 14.0 Å². The quantitative estimate of drug-likeness (QED) is 0.865. The number of anilines is 1. The van der Waals surface area contributed by atoms with Gasteiger partial charge in [0.2, 0.25) is 11.8 Å². The summed E-state index contributed by atoms with van der Waals surface area (Å²) in [6.07, 6.45) is 0.753. The minimum Gasteiger partial charge on any atom is -0.326 e. The lowest BCUT2D eigenvalue weighted by molar-refractivity contribution is -0.132. The molecule has 7 heteroatoms. The van der Waals surface area contributed by atoms with Crippen molar-refractivity contribution in [1.82, 2.24) is 5.01 Å². The first-order valence-electron chi connectivity index (χ1n) is 8.21. The molecule has 0 bridgehead atoms. The topological polar surface area (TPSA) is 61.8 Å². The summed E-state index contributed by atoms with van der Waals surface area (Å²) in [5.74, 6) is -1.10. The fraction of sp³-hybridized carbons (Fsp3) is 0.211. The summed E-state index contributed by atoms with van der Waals surface area (Å²) in [4.78, 5) is 24.2. The zero-order valence-electron chi connectivity index (χ0n) is 13.9. The van der Waals surface area contributed by atoms with Crippen LogP contribution in [0.4, 0.5) is 10.1 Å². The van der Waals surface area contributed by atoms with Crippen molar-refractivity contribution in [3.63, 3.8) is 0 Å². The first-order valence-corrected chi connectivity index (χ1v) is 8.59. The number of halogens is 2. The molecule has 0 spiro atoms. The number of carbonyl (C=O) groups is 2. The highest BCUT2D eigenvalue weighted by Gasteiger charge is 2.21. The van der Waals surface area contributed by atoms with E-state index in [1.165, 1.54) is 23.2 Å². The van der Waals surface area contributed by atoms with Crippen LogP contribution in [0.2, 0.25) is 5.02 Å². The predicted octanol–water partition coefficient (Wildman–Crippen LogP) is 3.83. The molecule has 26 heavy (non-hydrogen) atoms. The van der Waals surface area contributed by atoms with E-state index in [-0.39, 0.29) is 29.7 Å². The van der Waals surface area contributed by atoms with Crippen molar-refractivity contribution in [3.05, 3.63) is 64.9 Å². The molecular weight excluding hydrogens is 357 g/mol. The van der Waals surface area contributed by atoms with E-state index >= 15 is 0 Å². The van der Waals surface area contributed by atoms with Crippen LogP contribution in [-0.4, -0.2) is 29.1 Å². The summed E-state index contributed by atoms with van der Waals surface area (Å²) in [5, 5.41) is 8.28. The van der Waals surface area contributed by atoms with Gasteiger partial charge in [0.15, 0.2) is 0 Å². The van der Waals surface area contributed by atoms with Crippen molar-refractivity contribution < 1.29 is 14.0 Å². The second-order valence-electron chi connectivity index (χ2n) is 5.86. The number of amides is 2. The lowest BCUT2D eigenvalue weighted by Crippen LogP contribution is -2.25. The number of benzene rings is 2. The maximum absolute atomic E-state index is 13.1. The van der Waals surface area contributed by atoms with Crippen LogP contribution in [0, 0.1) is 5.82 Å². The number of carbonyl (C=O) groups excluding carboxylic acids is 2. The third-order valence-electron chi connectivity index (χ3n) is 3.97. The van der Waals surface area contributed by atoms with E-state index in [2.05, 4.69) is 10.4 Å². The van der Waals surface area contributed by atoms with Crippen LogP contribution in [0.1, 0.15) is 24.8 Å². The first kappa shape index (κ1) is 18.1. The van der Waals surface area contributed by atoms with Crippen LogP contribution >= 0.6 is 11.6 Å². The van der Waals surface area contributed by atoms with Crippen LogP contribution in [-0.2, 0) is 9.59 Å². The van der Waals surface area contributed by atoms with Gasteiger partial charge in [0, 0.05) is 24.9 Å². The summed E-state index contributed by atoms with van der Waals surface area (Å²) in [7, 11) is 0. The minimum absolute atomic E-state index is 0.0144. The monoisotopic (exact) mass is 373 g/mol. The molecule has 1 N–H and O–H groups in total. The van der Waals surface area contributed by atoms with Crippen LogP contribution in [0.5, 0.6) is 0 Å². The van der Waals surface area contributed by atoms with Crippen molar-refractivity contribution in [2.45, 2.75) is 19.3 Å². The molecule has 3 rings (SSSR count). The smallest absolute Gasteiger partial charge is 0.243 e. The average molecular weight is 374 g/mol. The largest absolute Gasteiger partial charge is 0.326 e. The number of hydrazone groups is 1. The molecule has 2 amide bonds. The Balaban J connectivity index is 1.51. The highest BCUT2D eigenvalue weighted by atomic mass is 35.5. The zero-order valence-corrected chi connectivity index (χ0v) is 14.7. The Labute approximate surface area is 155 Å². The number of nitrogens with one attached hydrogen (secondary N) is 1. The Kier molecular flexibility index (Phi) is 5.63. The lowest BCUT2D eigenvalue weighted by Gasteiger charge is -2.11. The third kappa shape index (κ3) is 4.46. The molecule has 0 fully saturated rings. The van der Waals surface area contributed by atoms with Crippen LogP contribution in [0.15, 0.2) is 53.6 Å². The summed E-state index contributed by atoms with van der Waals surface area (Å²) in [6, 6.07) is 13.6. The molecule has 5 nitrogen and oxygen atoms in total.